The smallest absolute Gasteiger partial charge is 0.264 e. The minimum Gasteiger partial charge on any atom is -0.325 e. The Hall–Kier alpha value is -2.11. The van der Waals surface area contributed by atoms with Crippen LogP contribution in [0.1, 0.15) is 18.3 Å². The standard InChI is InChI=1S/C18H21N5O3S3/c1-11-10-12(2)21-17(20-11)23-29(25,26)15-6-4-14(5-7-15)22-16(24)13(3)28-18-19-8-9-27-18/h4-7,10,13H,8-9H2,1-3H3,(H,22,24)(H,20,21,23). The number of amides is 1. The van der Waals surface area contributed by atoms with Gasteiger partial charge in [-0.2, -0.15) is 0 Å². The Labute approximate surface area is 178 Å². The average Bonchev–Trinajstić information content (AvgIpc) is 3.14. The molecule has 1 atom stereocenters. The van der Waals surface area contributed by atoms with Gasteiger partial charge in [0, 0.05) is 22.8 Å². The van der Waals surface area contributed by atoms with Crippen LogP contribution in [0.5, 0.6) is 0 Å². The fourth-order valence-corrected chi connectivity index (χ4v) is 5.58. The van der Waals surface area contributed by atoms with Crippen molar-refractivity contribution in [3.05, 3.63) is 41.7 Å². The van der Waals surface area contributed by atoms with Crippen LogP contribution in [0.3, 0.4) is 0 Å². The van der Waals surface area contributed by atoms with E-state index in [1.54, 1.807) is 43.8 Å². The molecular weight excluding hydrogens is 430 g/mol. The highest BCUT2D eigenvalue weighted by Crippen LogP contribution is 2.26. The highest BCUT2D eigenvalue weighted by Gasteiger charge is 2.20. The first-order valence-electron chi connectivity index (χ1n) is 8.83. The van der Waals surface area contributed by atoms with Crippen molar-refractivity contribution >= 4 is 55.5 Å². The van der Waals surface area contributed by atoms with Gasteiger partial charge in [-0.05, 0) is 51.1 Å². The Bertz CT molecular complexity index is 1020. The minimum absolute atomic E-state index is 0.0263. The molecule has 1 aromatic carbocycles. The summed E-state index contributed by atoms with van der Waals surface area (Å²) >= 11 is 3.08. The maximum Gasteiger partial charge on any atom is 0.264 e. The maximum atomic E-state index is 12.6. The number of aryl methyl sites for hydroxylation is 2. The SMILES string of the molecule is Cc1cc(C)nc(NS(=O)(=O)c2ccc(NC(=O)C(C)SC3=NCCS3)cc2)n1. The molecule has 0 spiro atoms. The van der Waals surface area contributed by atoms with Gasteiger partial charge in [-0.25, -0.2) is 23.1 Å². The van der Waals surface area contributed by atoms with Crippen molar-refractivity contribution in [1.82, 2.24) is 9.97 Å². The van der Waals surface area contributed by atoms with E-state index in [2.05, 4.69) is 25.0 Å². The summed E-state index contributed by atoms with van der Waals surface area (Å²) in [6.07, 6.45) is 0. The number of sulfonamides is 1. The Morgan fingerprint density at radius 2 is 1.83 bits per heavy atom. The summed E-state index contributed by atoms with van der Waals surface area (Å²) in [5.41, 5.74) is 1.86. The van der Waals surface area contributed by atoms with Crippen LogP contribution in [0, 0.1) is 13.8 Å². The maximum absolute atomic E-state index is 12.6. The number of benzene rings is 1. The van der Waals surface area contributed by atoms with Crippen LogP contribution in [0.2, 0.25) is 0 Å². The van der Waals surface area contributed by atoms with Gasteiger partial charge in [-0.1, -0.05) is 23.5 Å². The summed E-state index contributed by atoms with van der Waals surface area (Å²) in [5, 5.41) is 2.50. The van der Waals surface area contributed by atoms with E-state index in [9.17, 15) is 13.2 Å². The van der Waals surface area contributed by atoms with E-state index in [1.807, 2.05) is 6.92 Å². The van der Waals surface area contributed by atoms with Gasteiger partial charge in [-0.3, -0.25) is 9.79 Å². The van der Waals surface area contributed by atoms with Gasteiger partial charge in [0.05, 0.1) is 16.7 Å². The van der Waals surface area contributed by atoms with Crippen molar-refractivity contribution in [1.29, 1.82) is 0 Å². The number of aliphatic imine (C=N–C) groups is 1. The number of rotatable bonds is 6. The number of hydrogen-bond donors (Lipinski definition) is 2. The second-order valence-electron chi connectivity index (χ2n) is 6.35. The second-order valence-corrected chi connectivity index (χ2v) is 10.7. The summed E-state index contributed by atoms with van der Waals surface area (Å²) in [6, 6.07) is 7.71. The normalized spacial score (nSPS) is 14.9. The van der Waals surface area contributed by atoms with Gasteiger partial charge in [-0.15, -0.1) is 0 Å². The van der Waals surface area contributed by atoms with Crippen LogP contribution in [-0.4, -0.2) is 46.2 Å². The van der Waals surface area contributed by atoms with Gasteiger partial charge in [0.25, 0.3) is 10.0 Å². The first-order chi connectivity index (χ1) is 13.7. The van der Waals surface area contributed by atoms with Crippen molar-refractivity contribution in [2.24, 2.45) is 4.99 Å². The molecule has 1 amide bonds. The zero-order chi connectivity index (χ0) is 21.0. The lowest BCUT2D eigenvalue weighted by Gasteiger charge is -2.12. The van der Waals surface area contributed by atoms with E-state index in [0.717, 1.165) is 16.7 Å². The van der Waals surface area contributed by atoms with Crippen LogP contribution < -0.4 is 10.0 Å². The quantitative estimate of drug-likeness (QED) is 0.694. The molecule has 2 aromatic rings. The number of thioether (sulfide) groups is 2. The third-order valence-corrected chi connectivity index (χ3v) is 7.49. The van der Waals surface area contributed by atoms with Crippen LogP contribution in [0.15, 0.2) is 40.2 Å². The Kier molecular flexibility index (Phi) is 6.81. The zero-order valence-electron chi connectivity index (χ0n) is 16.2. The van der Waals surface area contributed by atoms with Crippen molar-refractivity contribution in [2.45, 2.75) is 30.9 Å². The third-order valence-electron chi connectivity index (χ3n) is 3.84. The lowest BCUT2D eigenvalue weighted by Crippen LogP contribution is -2.23. The lowest BCUT2D eigenvalue weighted by molar-refractivity contribution is -0.115. The number of hydrogen-bond acceptors (Lipinski definition) is 8. The molecule has 0 aliphatic carbocycles. The van der Waals surface area contributed by atoms with Crippen molar-refractivity contribution in [3.63, 3.8) is 0 Å². The van der Waals surface area contributed by atoms with Gasteiger partial charge >= 0.3 is 0 Å². The molecule has 0 saturated carbocycles. The minimum atomic E-state index is -3.83. The highest BCUT2D eigenvalue weighted by atomic mass is 32.2. The number of nitrogens with one attached hydrogen (secondary N) is 2. The molecule has 8 nitrogen and oxygen atoms in total. The number of nitrogens with zero attached hydrogens (tertiary/aromatic N) is 3. The number of anilines is 2. The van der Waals surface area contributed by atoms with E-state index in [4.69, 9.17) is 0 Å². The molecule has 0 saturated heterocycles. The summed E-state index contributed by atoms with van der Waals surface area (Å²) in [6.45, 7) is 6.13. The second kappa shape index (κ2) is 9.14. The molecule has 3 rings (SSSR count). The van der Waals surface area contributed by atoms with Crippen LogP contribution >= 0.6 is 23.5 Å². The molecule has 0 fully saturated rings. The number of carbonyl (C=O) groups excluding carboxylic acids is 1. The van der Waals surface area contributed by atoms with Gasteiger partial charge < -0.3 is 5.32 Å². The van der Waals surface area contributed by atoms with Gasteiger partial charge in [0.2, 0.25) is 11.9 Å². The molecule has 1 aliphatic heterocycles. The summed E-state index contributed by atoms with van der Waals surface area (Å²) in [4.78, 5) is 24.9. The van der Waals surface area contributed by atoms with E-state index in [-0.39, 0.29) is 22.0 Å². The topological polar surface area (TPSA) is 113 Å². The molecule has 1 aromatic heterocycles. The number of carbonyl (C=O) groups is 1. The molecule has 2 N–H and O–H groups in total. The predicted octanol–water partition coefficient (Wildman–Crippen LogP) is 3.06. The lowest BCUT2D eigenvalue weighted by atomic mass is 10.3. The molecule has 0 bridgehead atoms. The third kappa shape index (κ3) is 5.94. The Morgan fingerprint density at radius 1 is 1.17 bits per heavy atom. The highest BCUT2D eigenvalue weighted by molar-refractivity contribution is 8.39. The molecular formula is C18H21N5O3S3. The van der Waals surface area contributed by atoms with Gasteiger partial charge in [0.15, 0.2) is 0 Å². The van der Waals surface area contributed by atoms with E-state index >= 15 is 0 Å². The first-order valence-corrected chi connectivity index (χ1v) is 12.2. The molecule has 29 heavy (non-hydrogen) atoms. The summed E-state index contributed by atoms with van der Waals surface area (Å²) in [7, 11) is -3.83. The van der Waals surface area contributed by atoms with Crippen LogP contribution in [0.25, 0.3) is 0 Å². The molecule has 2 heterocycles. The largest absolute Gasteiger partial charge is 0.325 e. The Morgan fingerprint density at radius 3 is 2.41 bits per heavy atom. The molecule has 1 unspecified atom stereocenters. The van der Waals surface area contributed by atoms with Crippen LogP contribution in [0.4, 0.5) is 11.6 Å². The summed E-state index contributed by atoms with van der Waals surface area (Å²) in [5.74, 6) is 0.814. The monoisotopic (exact) mass is 451 g/mol. The Balaban J connectivity index is 1.64. The van der Waals surface area contributed by atoms with Crippen molar-refractivity contribution in [2.75, 3.05) is 22.3 Å². The fourth-order valence-electron chi connectivity index (χ4n) is 2.50. The first kappa shape index (κ1) is 21.6. The fraction of sp³-hybridized carbons (Fsp3) is 0.333. The average molecular weight is 452 g/mol. The van der Waals surface area contributed by atoms with E-state index in [1.165, 1.54) is 23.9 Å². The molecule has 154 valence electrons. The van der Waals surface area contributed by atoms with Crippen LogP contribution in [-0.2, 0) is 14.8 Å². The predicted molar refractivity (Wildman–Crippen MR) is 119 cm³/mol. The number of aromatic nitrogens is 2. The molecule has 1 aliphatic rings. The van der Waals surface area contributed by atoms with Gasteiger partial charge in [0.1, 0.15) is 4.38 Å². The van der Waals surface area contributed by atoms with Crippen molar-refractivity contribution < 1.29 is 13.2 Å². The summed E-state index contributed by atoms with van der Waals surface area (Å²) < 4.78 is 28.4. The van der Waals surface area contributed by atoms with E-state index in [0.29, 0.717) is 17.1 Å². The van der Waals surface area contributed by atoms with E-state index < -0.39 is 10.0 Å². The molecule has 11 heteroatoms. The van der Waals surface area contributed by atoms with Crippen molar-refractivity contribution in [3.8, 4) is 0 Å². The zero-order valence-corrected chi connectivity index (χ0v) is 18.6. The molecule has 0 radical (unpaired) electrons.